The summed E-state index contributed by atoms with van der Waals surface area (Å²) in [5.74, 6) is 5.19. The van der Waals surface area contributed by atoms with E-state index in [-0.39, 0.29) is 5.96 Å². The van der Waals surface area contributed by atoms with Crippen LogP contribution in [-0.4, -0.2) is 24.8 Å². The average molecular weight is 172 g/mol. The number of nitrogens with one attached hydrogen (secondary N) is 2. The topological polar surface area (TPSA) is 126 Å². The largest absolute Gasteiger partial charge is 0.369 e. The molecule has 0 saturated carbocycles. The number of guanidine groups is 1. The zero-order chi connectivity index (χ0) is 9.40. The maximum absolute atomic E-state index is 7.22. The monoisotopic (exact) mass is 172 g/mol. The van der Waals surface area contributed by atoms with Crippen LogP contribution in [0.4, 0.5) is 0 Å². The summed E-state index contributed by atoms with van der Waals surface area (Å²) in [5, 5.41) is 7.22. The van der Waals surface area contributed by atoms with E-state index in [1.165, 1.54) is 0 Å². The van der Waals surface area contributed by atoms with Gasteiger partial charge in [0.25, 0.3) is 0 Å². The zero-order valence-electron chi connectivity index (χ0n) is 7.01. The van der Waals surface area contributed by atoms with Gasteiger partial charge in [0.2, 0.25) is 5.96 Å². The third-order valence-corrected chi connectivity index (χ3v) is 1.31. The predicted octanol–water partition coefficient (Wildman–Crippen LogP) is -1.48. The third kappa shape index (κ3) is 5.63. The van der Waals surface area contributed by atoms with E-state index < -0.39 is 0 Å². The molecule has 12 heavy (non-hydrogen) atoms. The molecule has 0 aliphatic heterocycles. The van der Waals surface area contributed by atoms with Crippen LogP contribution in [0.25, 0.3) is 0 Å². The highest BCUT2D eigenvalue weighted by Crippen LogP contribution is 1.90. The van der Waals surface area contributed by atoms with Gasteiger partial charge in [-0.3, -0.25) is 10.4 Å². The zero-order valence-corrected chi connectivity index (χ0v) is 7.01. The van der Waals surface area contributed by atoms with Crippen LogP contribution in [0.15, 0.2) is 4.99 Å². The van der Waals surface area contributed by atoms with Crippen LogP contribution in [0.2, 0.25) is 0 Å². The molecule has 0 aliphatic rings. The lowest BCUT2D eigenvalue weighted by Gasteiger charge is -1.99. The molecular formula is C6H16N6. The van der Waals surface area contributed by atoms with Gasteiger partial charge >= 0.3 is 0 Å². The van der Waals surface area contributed by atoms with Gasteiger partial charge in [0.15, 0.2) is 0 Å². The number of nitrogens with two attached hydrogens (primary N) is 3. The normalized spacial score (nSPS) is 11.3. The van der Waals surface area contributed by atoms with Crippen molar-refractivity contribution in [3.05, 3.63) is 0 Å². The molecule has 0 rings (SSSR count). The molecule has 70 valence electrons. The molecule has 0 saturated heterocycles. The molecule has 0 amide bonds. The molecule has 0 spiro atoms. The summed E-state index contributed by atoms with van der Waals surface area (Å²) in [5.41, 5.74) is 13.2. The van der Waals surface area contributed by atoms with Crippen molar-refractivity contribution in [1.82, 2.24) is 5.43 Å². The average Bonchev–Trinajstić information content (AvgIpc) is 2.11. The second kappa shape index (κ2) is 6.56. The van der Waals surface area contributed by atoms with Gasteiger partial charge in [0.05, 0.1) is 0 Å². The Morgan fingerprint density at radius 3 is 2.67 bits per heavy atom. The Morgan fingerprint density at radius 2 is 2.17 bits per heavy atom. The van der Waals surface area contributed by atoms with Gasteiger partial charge in [-0.1, -0.05) is 0 Å². The van der Waals surface area contributed by atoms with Crippen LogP contribution in [0.3, 0.4) is 0 Å². The number of nitrogens with zero attached hydrogens (tertiary/aromatic N) is 1. The maximum atomic E-state index is 7.22. The molecule has 0 heterocycles. The Kier molecular flexibility index (Phi) is 5.94. The van der Waals surface area contributed by atoms with Crippen LogP contribution in [0.1, 0.15) is 12.8 Å². The van der Waals surface area contributed by atoms with Gasteiger partial charge in [-0.25, -0.2) is 5.84 Å². The molecule has 0 bridgehead atoms. The molecule has 0 aromatic heterocycles. The van der Waals surface area contributed by atoms with Crippen molar-refractivity contribution in [1.29, 1.82) is 5.41 Å². The molecule has 0 aromatic carbocycles. The molecule has 0 atom stereocenters. The summed E-state index contributed by atoms with van der Waals surface area (Å²) in [6, 6.07) is 0. The lowest BCUT2D eigenvalue weighted by molar-refractivity contribution is 0.850. The highest BCUT2D eigenvalue weighted by Gasteiger charge is 1.92. The van der Waals surface area contributed by atoms with Crippen LogP contribution in [0.5, 0.6) is 0 Å². The lowest BCUT2D eigenvalue weighted by atomic mass is 10.2. The minimum absolute atomic E-state index is 0.217. The summed E-state index contributed by atoms with van der Waals surface area (Å²) in [7, 11) is 0. The number of aliphatic imine (C=N–C) groups is 1. The first-order valence-electron chi connectivity index (χ1n) is 3.73. The van der Waals surface area contributed by atoms with E-state index in [9.17, 15) is 0 Å². The minimum atomic E-state index is 0.217. The van der Waals surface area contributed by atoms with Gasteiger partial charge in [0, 0.05) is 18.8 Å². The standard InChI is InChI=1S/C6H16N6/c7-4-5(8)2-1-3-11-6(9)12-10/h8H,1-4,7,10H2,(H3,9,11,12). The van der Waals surface area contributed by atoms with E-state index in [0.29, 0.717) is 25.2 Å². The van der Waals surface area contributed by atoms with Crippen molar-refractivity contribution in [3.8, 4) is 0 Å². The number of rotatable bonds is 5. The predicted molar refractivity (Wildman–Crippen MR) is 49.8 cm³/mol. The summed E-state index contributed by atoms with van der Waals surface area (Å²) < 4.78 is 0. The Balaban J connectivity index is 3.38. The highest BCUT2D eigenvalue weighted by molar-refractivity contribution is 5.83. The van der Waals surface area contributed by atoms with Gasteiger partial charge < -0.3 is 16.9 Å². The van der Waals surface area contributed by atoms with Crippen LogP contribution < -0.4 is 22.7 Å². The van der Waals surface area contributed by atoms with Crippen LogP contribution in [0, 0.1) is 5.41 Å². The van der Waals surface area contributed by atoms with E-state index in [4.69, 9.17) is 22.7 Å². The Hall–Kier alpha value is -1.14. The smallest absolute Gasteiger partial charge is 0.203 e. The highest BCUT2D eigenvalue weighted by atomic mass is 15.3. The Morgan fingerprint density at radius 1 is 1.50 bits per heavy atom. The summed E-state index contributed by atoms with van der Waals surface area (Å²) in [6.07, 6.45) is 1.44. The molecule has 0 aliphatic carbocycles. The summed E-state index contributed by atoms with van der Waals surface area (Å²) in [4.78, 5) is 3.87. The number of hydrogen-bond acceptors (Lipinski definition) is 4. The molecule has 6 nitrogen and oxygen atoms in total. The Bertz CT molecular complexity index is 163. The fraction of sp³-hybridized carbons (Fsp3) is 0.667. The van der Waals surface area contributed by atoms with E-state index in [1.807, 2.05) is 0 Å². The molecular weight excluding hydrogens is 156 g/mol. The van der Waals surface area contributed by atoms with E-state index >= 15 is 0 Å². The molecule has 0 unspecified atom stereocenters. The van der Waals surface area contributed by atoms with Crippen molar-refractivity contribution in [2.75, 3.05) is 13.1 Å². The molecule has 6 heteroatoms. The van der Waals surface area contributed by atoms with Crippen molar-refractivity contribution < 1.29 is 0 Å². The van der Waals surface area contributed by atoms with E-state index in [0.717, 1.165) is 6.42 Å². The Labute approximate surface area is 71.7 Å². The third-order valence-electron chi connectivity index (χ3n) is 1.31. The first kappa shape index (κ1) is 10.9. The van der Waals surface area contributed by atoms with E-state index in [1.54, 1.807) is 0 Å². The van der Waals surface area contributed by atoms with Crippen LogP contribution >= 0.6 is 0 Å². The second-order valence-corrected chi connectivity index (χ2v) is 2.32. The van der Waals surface area contributed by atoms with E-state index in [2.05, 4.69) is 10.4 Å². The van der Waals surface area contributed by atoms with Crippen molar-refractivity contribution in [2.24, 2.45) is 22.3 Å². The fourth-order valence-corrected chi connectivity index (χ4v) is 0.640. The van der Waals surface area contributed by atoms with Gasteiger partial charge in [0.1, 0.15) is 0 Å². The second-order valence-electron chi connectivity index (χ2n) is 2.32. The maximum Gasteiger partial charge on any atom is 0.203 e. The number of hydrazine groups is 1. The first-order valence-corrected chi connectivity index (χ1v) is 3.73. The van der Waals surface area contributed by atoms with Gasteiger partial charge in [-0.15, -0.1) is 0 Å². The summed E-state index contributed by atoms with van der Waals surface area (Å²) in [6.45, 7) is 0.882. The molecule has 0 radical (unpaired) electrons. The number of hydrogen-bond donors (Lipinski definition) is 5. The quantitative estimate of drug-likeness (QED) is 0.114. The van der Waals surface area contributed by atoms with Crippen LogP contribution in [-0.2, 0) is 0 Å². The minimum Gasteiger partial charge on any atom is -0.369 e. The van der Waals surface area contributed by atoms with Gasteiger partial charge in [-0.2, -0.15) is 0 Å². The lowest BCUT2D eigenvalue weighted by Crippen LogP contribution is -2.37. The van der Waals surface area contributed by atoms with Crippen molar-refractivity contribution in [3.63, 3.8) is 0 Å². The van der Waals surface area contributed by atoms with Gasteiger partial charge in [-0.05, 0) is 12.8 Å². The first-order chi connectivity index (χ1) is 5.70. The molecule has 0 fully saturated rings. The molecule has 8 N–H and O–H groups in total. The van der Waals surface area contributed by atoms with Crippen molar-refractivity contribution in [2.45, 2.75) is 12.8 Å². The summed E-state index contributed by atoms with van der Waals surface area (Å²) >= 11 is 0. The fourth-order valence-electron chi connectivity index (χ4n) is 0.640. The van der Waals surface area contributed by atoms with Crippen molar-refractivity contribution >= 4 is 11.7 Å². The SMILES string of the molecule is N=C(CN)CCCN=C(N)NN. The molecule has 0 aromatic rings.